The Labute approximate surface area is 152 Å². The molecule has 1 unspecified atom stereocenters. The van der Waals surface area contributed by atoms with Crippen LogP contribution >= 0.6 is 0 Å². The van der Waals surface area contributed by atoms with E-state index in [2.05, 4.69) is 9.97 Å². The van der Waals surface area contributed by atoms with E-state index in [1.807, 2.05) is 13.8 Å². The van der Waals surface area contributed by atoms with Crippen LogP contribution in [0.25, 0.3) is 0 Å². The molecule has 0 saturated carbocycles. The van der Waals surface area contributed by atoms with Crippen molar-refractivity contribution in [3.63, 3.8) is 0 Å². The van der Waals surface area contributed by atoms with Gasteiger partial charge in [0, 0.05) is 31.3 Å². The smallest absolute Gasteiger partial charge is 0.316 e. The zero-order valence-corrected chi connectivity index (χ0v) is 14.9. The number of hydrogen-bond acceptors (Lipinski definition) is 5. The molecule has 7 heteroatoms. The molecule has 1 fully saturated rings. The SMILES string of the molecule is CC(C)Oc1ncc(C(CC(=O)N2CCOC2)c2ccc(F)cc2)cn1. The molecule has 0 spiro atoms. The Kier molecular flexibility index (Phi) is 5.78. The number of carbonyl (C=O) groups is 1. The average molecular weight is 359 g/mol. The molecule has 3 rings (SSSR count). The third-order valence-electron chi connectivity index (χ3n) is 4.15. The molecule has 1 saturated heterocycles. The van der Waals surface area contributed by atoms with Gasteiger partial charge in [0.2, 0.25) is 5.91 Å². The molecule has 0 bridgehead atoms. The number of amides is 1. The van der Waals surface area contributed by atoms with Crippen molar-refractivity contribution < 1.29 is 18.7 Å². The zero-order valence-electron chi connectivity index (χ0n) is 14.9. The lowest BCUT2D eigenvalue weighted by atomic mass is 9.90. The highest BCUT2D eigenvalue weighted by atomic mass is 19.1. The lowest BCUT2D eigenvalue weighted by Gasteiger charge is -2.21. The van der Waals surface area contributed by atoms with Gasteiger partial charge in [-0.15, -0.1) is 0 Å². The van der Waals surface area contributed by atoms with Crippen LogP contribution in [0.1, 0.15) is 37.3 Å². The summed E-state index contributed by atoms with van der Waals surface area (Å²) < 4.78 is 24.0. The van der Waals surface area contributed by atoms with Crippen molar-refractivity contribution in [3.05, 3.63) is 53.6 Å². The molecule has 1 atom stereocenters. The van der Waals surface area contributed by atoms with E-state index in [-0.39, 0.29) is 30.2 Å². The predicted molar refractivity (Wildman–Crippen MR) is 93.2 cm³/mol. The van der Waals surface area contributed by atoms with Crippen LogP contribution in [0.3, 0.4) is 0 Å². The molecule has 2 heterocycles. The topological polar surface area (TPSA) is 64.5 Å². The number of carbonyl (C=O) groups excluding carboxylic acids is 1. The van der Waals surface area contributed by atoms with Gasteiger partial charge >= 0.3 is 6.01 Å². The minimum atomic E-state index is -0.316. The fraction of sp³-hybridized carbons (Fsp3) is 0.421. The van der Waals surface area contributed by atoms with Crippen molar-refractivity contribution >= 4 is 5.91 Å². The highest BCUT2D eigenvalue weighted by molar-refractivity contribution is 5.77. The third-order valence-corrected chi connectivity index (χ3v) is 4.15. The van der Waals surface area contributed by atoms with Crippen LogP contribution in [0.5, 0.6) is 6.01 Å². The Balaban J connectivity index is 1.84. The largest absolute Gasteiger partial charge is 0.461 e. The average Bonchev–Trinajstić information content (AvgIpc) is 3.16. The monoisotopic (exact) mass is 359 g/mol. The minimum Gasteiger partial charge on any atom is -0.461 e. The summed E-state index contributed by atoms with van der Waals surface area (Å²) in [6.45, 7) is 5.25. The van der Waals surface area contributed by atoms with E-state index < -0.39 is 0 Å². The zero-order chi connectivity index (χ0) is 18.5. The Morgan fingerprint density at radius 3 is 2.50 bits per heavy atom. The maximum atomic E-state index is 13.3. The van der Waals surface area contributed by atoms with E-state index >= 15 is 0 Å². The van der Waals surface area contributed by atoms with Gasteiger partial charge in [0.25, 0.3) is 0 Å². The van der Waals surface area contributed by atoms with Crippen molar-refractivity contribution in [2.45, 2.75) is 32.3 Å². The van der Waals surface area contributed by atoms with Crippen molar-refractivity contribution in [1.82, 2.24) is 14.9 Å². The number of halogens is 1. The normalized spacial score (nSPS) is 15.3. The first-order chi connectivity index (χ1) is 12.5. The second kappa shape index (κ2) is 8.23. The number of aromatic nitrogens is 2. The number of hydrogen-bond donors (Lipinski definition) is 0. The molecule has 26 heavy (non-hydrogen) atoms. The third kappa shape index (κ3) is 4.54. The van der Waals surface area contributed by atoms with Crippen molar-refractivity contribution in [1.29, 1.82) is 0 Å². The van der Waals surface area contributed by atoms with Gasteiger partial charge in [-0.2, -0.15) is 0 Å². The van der Waals surface area contributed by atoms with E-state index in [0.717, 1.165) is 11.1 Å². The molecule has 1 aliphatic rings. The molecular formula is C19H22FN3O3. The second-order valence-corrected chi connectivity index (χ2v) is 6.47. The quantitative estimate of drug-likeness (QED) is 0.793. The van der Waals surface area contributed by atoms with E-state index in [1.54, 1.807) is 29.4 Å². The molecule has 1 aromatic heterocycles. The predicted octanol–water partition coefficient (Wildman–Crippen LogP) is 2.74. The van der Waals surface area contributed by atoms with Gasteiger partial charge in [0.05, 0.1) is 12.7 Å². The molecule has 0 N–H and O–H groups in total. The maximum absolute atomic E-state index is 13.3. The highest BCUT2D eigenvalue weighted by Gasteiger charge is 2.25. The number of rotatable bonds is 6. The Morgan fingerprint density at radius 2 is 1.92 bits per heavy atom. The summed E-state index contributed by atoms with van der Waals surface area (Å²) in [7, 11) is 0. The summed E-state index contributed by atoms with van der Waals surface area (Å²) in [6, 6.07) is 6.45. The molecule has 138 valence electrons. The molecule has 1 aromatic carbocycles. The van der Waals surface area contributed by atoms with Crippen LogP contribution in [-0.4, -0.2) is 46.8 Å². The molecular weight excluding hydrogens is 337 g/mol. The minimum absolute atomic E-state index is 0.0145. The van der Waals surface area contributed by atoms with Gasteiger partial charge in [-0.25, -0.2) is 14.4 Å². The lowest BCUT2D eigenvalue weighted by Crippen LogP contribution is -2.29. The fourth-order valence-corrected chi connectivity index (χ4v) is 2.82. The number of benzene rings is 1. The summed E-state index contributed by atoms with van der Waals surface area (Å²) in [5.41, 5.74) is 1.61. The van der Waals surface area contributed by atoms with Gasteiger partial charge in [0.15, 0.2) is 0 Å². The first kappa shape index (κ1) is 18.3. The lowest BCUT2D eigenvalue weighted by molar-refractivity contribution is -0.131. The van der Waals surface area contributed by atoms with Crippen LogP contribution < -0.4 is 4.74 Å². The molecule has 1 amide bonds. The van der Waals surface area contributed by atoms with Crippen LogP contribution in [0.15, 0.2) is 36.7 Å². The standard InChI is InChI=1S/C19H22FN3O3/c1-13(2)26-19-21-10-15(11-22-19)17(14-3-5-16(20)6-4-14)9-18(24)23-7-8-25-12-23/h3-6,10-11,13,17H,7-9,12H2,1-2H3. The fourth-order valence-electron chi connectivity index (χ4n) is 2.82. The highest BCUT2D eigenvalue weighted by Crippen LogP contribution is 2.29. The number of nitrogens with zero attached hydrogens (tertiary/aromatic N) is 3. The maximum Gasteiger partial charge on any atom is 0.316 e. The van der Waals surface area contributed by atoms with Crippen LogP contribution in [0, 0.1) is 5.82 Å². The van der Waals surface area contributed by atoms with E-state index in [4.69, 9.17) is 9.47 Å². The van der Waals surface area contributed by atoms with Crippen LogP contribution in [0.4, 0.5) is 4.39 Å². The van der Waals surface area contributed by atoms with Gasteiger partial charge in [-0.3, -0.25) is 4.79 Å². The molecule has 1 aliphatic heterocycles. The van der Waals surface area contributed by atoms with Crippen molar-refractivity contribution in [2.75, 3.05) is 19.9 Å². The van der Waals surface area contributed by atoms with E-state index in [9.17, 15) is 9.18 Å². The van der Waals surface area contributed by atoms with Gasteiger partial charge < -0.3 is 14.4 Å². The Hall–Kier alpha value is -2.54. The van der Waals surface area contributed by atoms with Gasteiger partial charge in [0.1, 0.15) is 12.5 Å². The van der Waals surface area contributed by atoms with Gasteiger partial charge in [-0.1, -0.05) is 12.1 Å². The summed E-state index contributed by atoms with van der Waals surface area (Å²) >= 11 is 0. The summed E-state index contributed by atoms with van der Waals surface area (Å²) in [6.07, 6.45) is 3.53. The summed E-state index contributed by atoms with van der Waals surface area (Å²) in [5.74, 6) is -0.597. The molecule has 2 aromatic rings. The summed E-state index contributed by atoms with van der Waals surface area (Å²) in [4.78, 5) is 22.7. The summed E-state index contributed by atoms with van der Waals surface area (Å²) in [5, 5.41) is 0. The first-order valence-electron chi connectivity index (χ1n) is 8.62. The van der Waals surface area contributed by atoms with E-state index in [1.165, 1.54) is 12.1 Å². The Bertz CT molecular complexity index is 729. The van der Waals surface area contributed by atoms with Crippen LogP contribution in [0.2, 0.25) is 0 Å². The Morgan fingerprint density at radius 1 is 1.23 bits per heavy atom. The van der Waals surface area contributed by atoms with Gasteiger partial charge in [-0.05, 0) is 37.1 Å². The second-order valence-electron chi connectivity index (χ2n) is 6.47. The van der Waals surface area contributed by atoms with Crippen LogP contribution in [-0.2, 0) is 9.53 Å². The molecule has 0 aliphatic carbocycles. The van der Waals surface area contributed by atoms with E-state index in [0.29, 0.717) is 25.9 Å². The van der Waals surface area contributed by atoms with Crippen molar-refractivity contribution in [3.8, 4) is 6.01 Å². The van der Waals surface area contributed by atoms with Crippen molar-refractivity contribution in [2.24, 2.45) is 0 Å². The molecule has 0 radical (unpaired) electrons. The number of ether oxygens (including phenoxy) is 2. The molecule has 6 nitrogen and oxygen atoms in total. The first-order valence-corrected chi connectivity index (χ1v) is 8.62.